The minimum atomic E-state index is 0.177. The van der Waals surface area contributed by atoms with E-state index in [1.165, 1.54) is 18.5 Å². The van der Waals surface area contributed by atoms with Gasteiger partial charge in [0.25, 0.3) is 0 Å². The van der Waals surface area contributed by atoms with Crippen molar-refractivity contribution in [1.82, 2.24) is 10.6 Å². The van der Waals surface area contributed by atoms with Gasteiger partial charge in [0.1, 0.15) is 0 Å². The minimum absolute atomic E-state index is 0.177. The highest BCUT2D eigenvalue weighted by molar-refractivity contribution is 5.76. The zero-order valence-corrected chi connectivity index (χ0v) is 14.7. The molecule has 0 aliphatic carbocycles. The molecule has 3 atom stereocenters. The van der Waals surface area contributed by atoms with Gasteiger partial charge in [-0.3, -0.25) is 4.79 Å². The molecule has 1 amide bonds. The van der Waals surface area contributed by atoms with Gasteiger partial charge in [0.15, 0.2) is 0 Å². The third kappa shape index (κ3) is 5.54. The number of anilines is 1. The third-order valence-corrected chi connectivity index (χ3v) is 5.07. The lowest BCUT2D eigenvalue weighted by atomic mass is 9.85. The molecule has 4 nitrogen and oxygen atoms in total. The Morgan fingerprint density at radius 2 is 2.09 bits per heavy atom. The number of likely N-dealkylation sites (N-methyl/N-ethyl adjacent to an activating group) is 1. The van der Waals surface area contributed by atoms with Gasteiger partial charge in [0.2, 0.25) is 5.91 Å². The lowest BCUT2D eigenvalue weighted by Crippen LogP contribution is -2.41. The van der Waals surface area contributed by atoms with Gasteiger partial charge in [-0.1, -0.05) is 25.1 Å². The molecule has 128 valence electrons. The zero-order chi connectivity index (χ0) is 16.7. The van der Waals surface area contributed by atoms with Crippen molar-refractivity contribution in [3.63, 3.8) is 0 Å². The van der Waals surface area contributed by atoms with E-state index >= 15 is 0 Å². The molecule has 0 aromatic heterocycles. The van der Waals surface area contributed by atoms with E-state index in [-0.39, 0.29) is 11.9 Å². The van der Waals surface area contributed by atoms with Crippen LogP contribution in [0.25, 0.3) is 0 Å². The maximum atomic E-state index is 12.2. The average molecular weight is 317 g/mol. The molecule has 1 aliphatic heterocycles. The van der Waals surface area contributed by atoms with E-state index in [4.69, 9.17) is 0 Å². The molecule has 1 aromatic carbocycles. The first-order valence-corrected chi connectivity index (χ1v) is 8.83. The van der Waals surface area contributed by atoms with Crippen LogP contribution in [0.3, 0.4) is 0 Å². The van der Waals surface area contributed by atoms with Crippen molar-refractivity contribution in [2.45, 2.75) is 39.2 Å². The molecule has 4 heteroatoms. The number of nitrogens with zero attached hydrogens (tertiary/aromatic N) is 1. The molecule has 0 bridgehead atoms. The second-order valence-electron chi connectivity index (χ2n) is 6.89. The maximum Gasteiger partial charge on any atom is 0.220 e. The number of nitrogens with one attached hydrogen (secondary N) is 2. The summed E-state index contributed by atoms with van der Waals surface area (Å²) in [4.78, 5) is 14.4. The fraction of sp³-hybridized carbons (Fsp3) is 0.632. The molecule has 1 saturated heterocycles. The number of para-hydroxylation sites is 1. The molecule has 1 fully saturated rings. The largest absolute Gasteiger partial charge is 0.370 e. The van der Waals surface area contributed by atoms with Crippen molar-refractivity contribution >= 4 is 11.6 Å². The maximum absolute atomic E-state index is 12.2. The highest BCUT2D eigenvalue weighted by Gasteiger charge is 2.22. The van der Waals surface area contributed by atoms with Crippen molar-refractivity contribution < 1.29 is 4.79 Å². The Balaban J connectivity index is 1.73. The summed E-state index contributed by atoms with van der Waals surface area (Å²) in [5.74, 6) is 1.26. The van der Waals surface area contributed by atoms with Crippen LogP contribution in [0.4, 0.5) is 5.69 Å². The Kier molecular flexibility index (Phi) is 6.90. The molecule has 23 heavy (non-hydrogen) atoms. The van der Waals surface area contributed by atoms with Crippen LogP contribution in [0.2, 0.25) is 0 Å². The van der Waals surface area contributed by atoms with Crippen LogP contribution in [0, 0.1) is 11.8 Å². The fourth-order valence-corrected chi connectivity index (χ4v) is 3.21. The van der Waals surface area contributed by atoms with Gasteiger partial charge in [0.05, 0.1) is 0 Å². The summed E-state index contributed by atoms with van der Waals surface area (Å²) in [6.45, 7) is 7.21. The number of carbonyl (C=O) groups is 1. The number of amides is 1. The molecule has 1 aromatic rings. The van der Waals surface area contributed by atoms with E-state index < -0.39 is 0 Å². The van der Waals surface area contributed by atoms with Crippen molar-refractivity contribution in [2.75, 3.05) is 31.6 Å². The van der Waals surface area contributed by atoms with Gasteiger partial charge in [-0.25, -0.2) is 0 Å². The van der Waals surface area contributed by atoms with Gasteiger partial charge in [-0.2, -0.15) is 0 Å². The number of benzene rings is 1. The molecule has 0 saturated carbocycles. The van der Waals surface area contributed by atoms with Crippen molar-refractivity contribution in [3.05, 3.63) is 30.3 Å². The molecule has 3 unspecified atom stereocenters. The second kappa shape index (κ2) is 8.92. The summed E-state index contributed by atoms with van der Waals surface area (Å²) in [5.41, 5.74) is 1.18. The number of rotatable bonds is 7. The van der Waals surface area contributed by atoms with E-state index in [0.29, 0.717) is 24.8 Å². The summed E-state index contributed by atoms with van der Waals surface area (Å²) >= 11 is 0. The number of carbonyl (C=O) groups excluding carboxylic acids is 1. The van der Waals surface area contributed by atoms with E-state index in [1.54, 1.807) is 0 Å². The van der Waals surface area contributed by atoms with Crippen LogP contribution in [0.15, 0.2) is 30.3 Å². The Hall–Kier alpha value is -1.55. The van der Waals surface area contributed by atoms with Crippen LogP contribution in [-0.4, -0.2) is 38.6 Å². The van der Waals surface area contributed by atoms with Crippen LogP contribution >= 0.6 is 0 Å². The smallest absolute Gasteiger partial charge is 0.220 e. The Morgan fingerprint density at radius 1 is 1.35 bits per heavy atom. The van der Waals surface area contributed by atoms with Gasteiger partial charge in [-0.05, 0) is 56.8 Å². The van der Waals surface area contributed by atoms with Gasteiger partial charge < -0.3 is 15.5 Å². The van der Waals surface area contributed by atoms with E-state index in [1.807, 2.05) is 18.2 Å². The Labute approximate surface area is 140 Å². The molecule has 0 spiro atoms. The SMILES string of the molecule is CC(CC(=O)NCC(C)N(C)c1ccccc1)C1CCCNC1. The molecule has 1 heterocycles. The number of hydrogen-bond acceptors (Lipinski definition) is 3. The van der Waals surface area contributed by atoms with E-state index in [9.17, 15) is 4.79 Å². The molecule has 0 radical (unpaired) electrons. The highest BCUT2D eigenvalue weighted by Crippen LogP contribution is 2.22. The first kappa shape index (κ1) is 17.8. The fourth-order valence-electron chi connectivity index (χ4n) is 3.21. The molecular weight excluding hydrogens is 286 g/mol. The van der Waals surface area contributed by atoms with E-state index in [2.05, 4.69) is 48.6 Å². The standard InChI is InChI=1S/C19H31N3O/c1-15(17-8-7-11-20-14-17)12-19(23)21-13-16(2)22(3)18-9-5-4-6-10-18/h4-6,9-10,15-17,20H,7-8,11-14H2,1-3H3,(H,21,23). The summed E-state index contributed by atoms with van der Waals surface area (Å²) < 4.78 is 0. The van der Waals surface area contributed by atoms with Crippen LogP contribution < -0.4 is 15.5 Å². The average Bonchev–Trinajstić information content (AvgIpc) is 2.60. The summed E-state index contributed by atoms with van der Waals surface area (Å²) in [6.07, 6.45) is 3.11. The zero-order valence-electron chi connectivity index (χ0n) is 14.7. The first-order chi connectivity index (χ1) is 11.1. The van der Waals surface area contributed by atoms with Gasteiger partial charge >= 0.3 is 0 Å². The van der Waals surface area contributed by atoms with Crippen LogP contribution in [-0.2, 0) is 4.79 Å². The van der Waals surface area contributed by atoms with Crippen LogP contribution in [0.5, 0.6) is 0 Å². The lowest BCUT2D eigenvalue weighted by Gasteiger charge is -2.29. The van der Waals surface area contributed by atoms with Gasteiger partial charge in [-0.15, -0.1) is 0 Å². The number of piperidine rings is 1. The molecule has 2 N–H and O–H groups in total. The summed E-state index contributed by atoms with van der Waals surface area (Å²) in [6, 6.07) is 10.6. The highest BCUT2D eigenvalue weighted by atomic mass is 16.1. The lowest BCUT2D eigenvalue weighted by molar-refractivity contribution is -0.122. The van der Waals surface area contributed by atoms with Crippen molar-refractivity contribution in [2.24, 2.45) is 11.8 Å². The predicted octanol–water partition coefficient (Wildman–Crippen LogP) is 2.65. The van der Waals surface area contributed by atoms with Crippen molar-refractivity contribution in [3.8, 4) is 0 Å². The summed E-state index contributed by atoms with van der Waals surface area (Å²) in [5, 5.41) is 6.54. The molecule has 2 rings (SSSR count). The first-order valence-electron chi connectivity index (χ1n) is 8.83. The Morgan fingerprint density at radius 3 is 2.74 bits per heavy atom. The topological polar surface area (TPSA) is 44.4 Å². The monoisotopic (exact) mass is 317 g/mol. The number of hydrogen-bond donors (Lipinski definition) is 2. The Bertz CT molecular complexity index is 471. The quantitative estimate of drug-likeness (QED) is 0.812. The minimum Gasteiger partial charge on any atom is -0.370 e. The third-order valence-electron chi connectivity index (χ3n) is 5.07. The summed E-state index contributed by atoms with van der Waals surface area (Å²) in [7, 11) is 2.07. The van der Waals surface area contributed by atoms with Gasteiger partial charge in [0, 0.05) is 31.7 Å². The van der Waals surface area contributed by atoms with Crippen LogP contribution in [0.1, 0.15) is 33.1 Å². The normalized spacial score (nSPS) is 20.6. The van der Waals surface area contributed by atoms with Crippen molar-refractivity contribution in [1.29, 1.82) is 0 Å². The predicted molar refractivity (Wildman–Crippen MR) is 96.7 cm³/mol. The molecular formula is C19H31N3O. The van der Waals surface area contributed by atoms with E-state index in [0.717, 1.165) is 13.1 Å². The second-order valence-corrected chi connectivity index (χ2v) is 6.89. The molecule has 1 aliphatic rings.